The van der Waals surface area contributed by atoms with Gasteiger partial charge in [0.1, 0.15) is 5.82 Å². The third-order valence-corrected chi connectivity index (χ3v) is 1.84. The molecule has 1 aromatic rings. The van der Waals surface area contributed by atoms with Crippen LogP contribution in [0.5, 0.6) is 0 Å². The molecule has 0 aliphatic rings. The van der Waals surface area contributed by atoms with Gasteiger partial charge in [-0.1, -0.05) is 6.08 Å². The molecular formula is C8H9N5O2. The highest BCUT2D eigenvalue weighted by atomic mass is 16.2. The van der Waals surface area contributed by atoms with Crippen molar-refractivity contribution in [3.63, 3.8) is 0 Å². The molecule has 0 N–H and O–H groups in total. The first kappa shape index (κ1) is 10.8. The molecule has 0 saturated carbocycles. The second kappa shape index (κ2) is 4.30. The molecule has 0 radical (unpaired) electrons. The van der Waals surface area contributed by atoms with Gasteiger partial charge in [-0.3, -0.25) is 13.9 Å². The lowest BCUT2D eigenvalue weighted by Gasteiger charge is -2.07. The van der Waals surface area contributed by atoms with Crippen LogP contribution in [-0.2, 0) is 13.6 Å². The van der Waals surface area contributed by atoms with E-state index in [1.165, 1.54) is 13.1 Å². The molecule has 7 nitrogen and oxygen atoms in total. The maximum absolute atomic E-state index is 11.6. The smallest absolute Gasteiger partial charge is 0.287 e. The molecular weight excluding hydrogens is 198 g/mol. The van der Waals surface area contributed by atoms with Crippen LogP contribution >= 0.6 is 0 Å². The van der Waals surface area contributed by atoms with Gasteiger partial charge in [-0.15, -0.1) is 6.58 Å². The molecule has 0 amide bonds. The fourth-order valence-corrected chi connectivity index (χ4v) is 1.09. The Morgan fingerprint density at radius 3 is 2.87 bits per heavy atom. The zero-order valence-electron chi connectivity index (χ0n) is 8.12. The molecule has 0 atom stereocenters. The first-order valence-corrected chi connectivity index (χ1v) is 4.08. The predicted octanol–water partition coefficient (Wildman–Crippen LogP) is 0.675. The summed E-state index contributed by atoms with van der Waals surface area (Å²) < 4.78 is 2.09. The van der Waals surface area contributed by atoms with Gasteiger partial charge in [-0.2, -0.15) is 0 Å². The lowest BCUT2D eigenvalue weighted by molar-refractivity contribution is 0.657. The Morgan fingerprint density at radius 1 is 1.67 bits per heavy atom. The van der Waals surface area contributed by atoms with E-state index in [9.17, 15) is 9.59 Å². The van der Waals surface area contributed by atoms with Crippen molar-refractivity contribution in [3.8, 4) is 0 Å². The maximum Gasteiger partial charge on any atom is 0.331 e. The Bertz CT molecular complexity index is 547. The van der Waals surface area contributed by atoms with Crippen molar-refractivity contribution in [1.29, 1.82) is 0 Å². The fraction of sp³-hybridized carbons (Fsp3) is 0.250. The van der Waals surface area contributed by atoms with Crippen molar-refractivity contribution < 1.29 is 0 Å². The first-order chi connectivity index (χ1) is 7.11. The molecule has 15 heavy (non-hydrogen) atoms. The number of allylic oxidation sites excluding steroid dienone is 1. The monoisotopic (exact) mass is 207 g/mol. The lowest BCUT2D eigenvalue weighted by atomic mass is 10.5. The Labute approximate surface area is 84.5 Å². The van der Waals surface area contributed by atoms with Gasteiger partial charge in [0, 0.05) is 24.6 Å². The minimum atomic E-state index is -0.537. The minimum absolute atomic E-state index is 0.00880. The van der Waals surface area contributed by atoms with E-state index in [1.807, 2.05) is 0 Å². The average molecular weight is 207 g/mol. The van der Waals surface area contributed by atoms with Crippen LogP contribution < -0.4 is 11.2 Å². The zero-order valence-corrected chi connectivity index (χ0v) is 8.12. The van der Waals surface area contributed by atoms with Crippen LogP contribution in [0, 0.1) is 0 Å². The van der Waals surface area contributed by atoms with E-state index in [0.717, 1.165) is 15.2 Å². The summed E-state index contributed by atoms with van der Waals surface area (Å²) >= 11 is 0. The van der Waals surface area contributed by atoms with Crippen LogP contribution in [0.15, 0.2) is 33.4 Å². The zero-order chi connectivity index (χ0) is 11.4. The van der Waals surface area contributed by atoms with Crippen LogP contribution in [0.25, 0.3) is 10.4 Å². The number of hydrogen-bond acceptors (Lipinski definition) is 3. The molecule has 0 aliphatic heterocycles. The van der Waals surface area contributed by atoms with Gasteiger partial charge in [-0.25, -0.2) is 4.79 Å². The third kappa shape index (κ3) is 1.97. The summed E-state index contributed by atoms with van der Waals surface area (Å²) in [5.74, 6) is -0.00880. The summed E-state index contributed by atoms with van der Waals surface area (Å²) in [7, 11) is 1.35. The van der Waals surface area contributed by atoms with Gasteiger partial charge in [0.2, 0.25) is 0 Å². The topological polar surface area (TPSA) is 92.8 Å². The summed E-state index contributed by atoms with van der Waals surface area (Å²) in [5, 5.41) is 3.27. The van der Waals surface area contributed by atoms with Gasteiger partial charge < -0.3 is 0 Å². The number of azide groups is 1. The number of hydrogen-bond donors (Lipinski definition) is 0. The van der Waals surface area contributed by atoms with Gasteiger partial charge in [-0.05, 0) is 10.6 Å². The Kier molecular flexibility index (Phi) is 3.10. The molecule has 0 unspecified atom stereocenters. The normalized spacial score (nSPS) is 9.40. The van der Waals surface area contributed by atoms with Gasteiger partial charge in [0.15, 0.2) is 0 Å². The van der Waals surface area contributed by atoms with Crippen LogP contribution in [0.1, 0.15) is 0 Å². The molecule has 0 spiro atoms. The van der Waals surface area contributed by atoms with E-state index in [-0.39, 0.29) is 12.4 Å². The maximum atomic E-state index is 11.6. The number of aromatic nitrogens is 2. The van der Waals surface area contributed by atoms with E-state index in [4.69, 9.17) is 5.53 Å². The van der Waals surface area contributed by atoms with E-state index in [1.54, 1.807) is 0 Å². The Hall–Kier alpha value is -2.27. The molecule has 1 heterocycles. The van der Waals surface area contributed by atoms with E-state index in [0.29, 0.717) is 0 Å². The van der Waals surface area contributed by atoms with Crippen molar-refractivity contribution in [2.24, 2.45) is 12.2 Å². The largest absolute Gasteiger partial charge is 0.331 e. The summed E-state index contributed by atoms with van der Waals surface area (Å²) in [5.41, 5.74) is 7.22. The Balaban J connectivity index is 3.64. The SMILES string of the molecule is C=CCn1c(N=[N+]=[N-])cc(=O)n(C)c1=O. The van der Waals surface area contributed by atoms with Crippen molar-refractivity contribution in [1.82, 2.24) is 9.13 Å². The van der Waals surface area contributed by atoms with Crippen LogP contribution in [0.3, 0.4) is 0 Å². The van der Waals surface area contributed by atoms with E-state index in [2.05, 4.69) is 16.6 Å². The first-order valence-electron chi connectivity index (χ1n) is 4.08. The van der Waals surface area contributed by atoms with Crippen molar-refractivity contribution in [2.75, 3.05) is 0 Å². The predicted molar refractivity (Wildman–Crippen MR) is 54.9 cm³/mol. The average Bonchev–Trinajstić information content (AvgIpc) is 2.21. The molecule has 7 heteroatoms. The molecule has 78 valence electrons. The Morgan fingerprint density at radius 2 is 2.33 bits per heavy atom. The summed E-state index contributed by atoms with van der Waals surface area (Å²) in [6, 6.07) is 1.10. The highest BCUT2D eigenvalue weighted by molar-refractivity contribution is 5.26. The molecule has 1 aromatic heterocycles. The van der Waals surface area contributed by atoms with Crippen molar-refractivity contribution >= 4 is 5.82 Å². The highest BCUT2D eigenvalue weighted by Gasteiger charge is 2.05. The quantitative estimate of drug-likeness (QED) is 0.315. The van der Waals surface area contributed by atoms with Gasteiger partial charge in [0.25, 0.3) is 5.56 Å². The van der Waals surface area contributed by atoms with Crippen molar-refractivity contribution in [2.45, 2.75) is 6.54 Å². The van der Waals surface area contributed by atoms with Gasteiger partial charge >= 0.3 is 5.69 Å². The molecule has 0 saturated heterocycles. The molecule has 0 aromatic carbocycles. The van der Waals surface area contributed by atoms with Crippen molar-refractivity contribution in [3.05, 3.63) is 50.0 Å². The van der Waals surface area contributed by atoms with Gasteiger partial charge in [0.05, 0.1) is 0 Å². The minimum Gasteiger partial charge on any atom is -0.287 e. The molecule has 0 bridgehead atoms. The van der Waals surface area contributed by atoms with E-state index < -0.39 is 11.2 Å². The molecule has 0 aliphatic carbocycles. The standard InChI is InChI=1S/C8H9N5O2/c1-3-4-13-6(10-11-9)5-7(14)12(2)8(13)15/h3,5H,1,4H2,2H3. The third-order valence-electron chi connectivity index (χ3n) is 1.84. The highest BCUT2D eigenvalue weighted by Crippen LogP contribution is 2.05. The summed E-state index contributed by atoms with van der Waals surface area (Å²) in [6.45, 7) is 3.65. The molecule has 0 fully saturated rings. The summed E-state index contributed by atoms with van der Waals surface area (Å²) in [6.07, 6.45) is 1.47. The molecule has 1 rings (SSSR count). The fourth-order valence-electron chi connectivity index (χ4n) is 1.09. The second-order valence-electron chi connectivity index (χ2n) is 2.77. The summed E-state index contributed by atoms with van der Waals surface area (Å²) in [4.78, 5) is 25.3. The van der Waals surface area contributed by atoms with E-state index >= 15 is 0 Å². The number of rotatable bonds is 3. The van der Waals surface area contributed by atoms with Crippen LogP contribution in [0.4, 0.5) is 5.82 Å². The second-order valence-corrected chi connectivity index (χ2v) is 2.77. The number of nitrogens with zero attached hydrogens (tertiary/aromatic N) is 5. The van der Waals surface area contributed by atoms with Crippen LogP contribution in [0.2, 0.25) is 0 Å². The lowest BCUT2D eigenvalue weighted by Crippen LogP contribution is -2.37. The van der Waals surface area contributed by atoms with Crippen LogP contribution in [-0.4, -0.2) is 9.13 Å².